The van der Waals surface area contributed by atoms with Crippen molar-refractivity contribution in [3.63, 3.8) is 0 Å². The number of pyridine rings is 1. The number of rotatable bonds is 3. The van der Waals surface area contributed by atoms with Crippen LogP contribution in [0.4, 0.5) is 19.0 Å². The van der Waals surface area contributed by atoms with E-state index >= 15 is 0 Å². The van der Waals surface area contributed by atoms with Crippen LogP contribution < -0.4 is 4.90 Å². The molecule has 1 aromatic carbocycles. The molecule has 0 aliphatic rings. The lowest BCUT2D eigenvalue weighted by Gasteiger charge is -2.21. The summed E-state index contributed by atoms with van der Waals surface area (Å²) in [5.74, 6) is -0.882. The number of anilines is 1. The lowest BCUT2D eigenvalue weighted by Crippen LogP contribution is -2.21. The minimum Gasteiger partial charge on any atom is -0.355 e. The van der Waals surface area contributed by atoms with Gasteiger partial charge in [0.2, 0.25) is 5.82 Å². The number of nitrogens with zero attached hydrogens (tertiary/aromatic N) is 4. The third-order valence-corrected chi connectivity index (χ3v) is 3.37. The highest BCUT2D eigenvalue weighted by Gasteiger charge is 2.35. The quantitative estimate of drug-likeness (QED) is 0.739. The normalized spacial score (nSPS) is 11.7. The van der Waals surface area contributed by atoms with E-state index in [1.807, 2.05) is 12.1 Å². The summed E-state index contributed by atoms with van der Waals surface area (Å²) < 4.78 is 39.1. The number of hydrogen-bond donors (Lipinski definition) is 0. The standard InChI is InChI=1S/C16H13F3N4/c1-23(10-11-6-8-20-9-7-11)14-12-4-2-3-5-13(12)21-15(22-14)16(17,18)19/h2-9H,10H2,1H3. The Labute approximate surface area is 130 Å². The Morgan fingerprint density at radius 1 is 1.00 bits per heavy atom. The summed E-state index contributed by atoms with van der Waals surface area (Å²) in [6.45, 7) is 0.417. The first-order chi connectivity index (χ1) is 10.9. The van der Waals surface area contributed by atoms with Crippen LogP contribution in [0.25, 0.3) is 10.9 Å². The summed E-state index contributed by atoms with van der Waals surface area (Å²) in [6.07, 6.45) is -1.30. The first-order valence-electron chi connectivity index (χ1n) is 6.89. The van der Waals surface area contributed by atoms with E-state index in [4.69, 9.17) is 0 Å². The lowest BCUT2D eigenvalue weighted by atomic mass is 10.2. The summed E-state index contributed by atoms with van der Waals surface area (Å²) >= 11 is 0. The highest BCUT2D eigenvalue weighted by Crippen LogP contribution is 2.31. The van der Waals surface area contributed by atoms with Crippen molar-refractivity contribution in [3.05, 3.63) is 60.2 Å². The summed E-state index contributed by atoms with van der Waals surface area (Å²) in [6, 6.07) is 10.3. The van der Waals surface area contributed by atoms with Gasteiger partial charge in [0.1, 0.15) is 5.82 Å². The molecule has 0 unspecified atom stereocenters. The molecule has 0 atom stereocenters. The lowest BCUT2D eigenvalue weighted by molar-refractivity contribution is -0.144. The van der Waals surface area contributed by atoms with Crippen LogP contribution in [0.3, 0.4) is 0 Å². The Morgan fingerprint density at radius 2 is 1.70 bits per heavy atom. The molecule has 3 rings (SSSR count). The van der Waals surface area contributed by atoms with Crippen molar-refractivity contribution in [2.45, 2.75) is 12.7 Å². The fourth-order valence-electron chi connectivity index (χ4n) is 2.31. The summed E-state index contributed by atoms with van der Waals surface area (Å²) in [5, 5.41) is 0.581. The predicted octanol–water partition coefficient (Wildman–Crippen LogP) is 3.68. The highest BCUT2D eigenvalue weighted by molar-refractivity contribution is 5.89. The fraction of sp³-hybridized carbons (Fsp3) is 0.188. The van der Waals surface area contributed by atoms with Gasteiger partial charge in [-0.05, 0) is 29.8 Å². The van der Waals surface area contributed by atoms with Crippen LogP contribution in [0.5, 0.6) is 0 Å². The van der Waals surface area contributed by atoms with E-state index in [0.29, 0.717) is 11.9 Å². The van der Waals surface area contributed by atoms with Gasteiger partial charge in [0.25, 0.3) is 0 Å². The van der Waals surface area contributed by atoms with Crippen molar-refractivity contribution in [3.8, 4) is 0 Å². The number of hydrogen-bond acceptors (Lipinski definition) is 4. The van der Waals surface area contributed by atoms with Crippen molar-refractivity contribution < 1.29 is 13.2 Å². The van der Waals surface area contributed by atoms with E-state index in [9.17, 15) is 13.2 Å². The molecule has 2 aromatic heterocycles. The van der Waals surface area contributed by atoms with Gasteiger partial charge in [0, 0.05) is 31.4 Å². The van der Waals surface area contributed by atoms with Crippen molar-refractivity contribution in [1.82, 2.24) is 15.0 Å². The van der Waals surface area contributed by atoms with Crippen LogP contribution in [-0.4, -0.2) is 22.0 Å². The number of fused-ring (bicyclic) bond motifs is 1. The molecule has 0 radical (unpaired) electrons. The van der Waals surface area contributed by atoms with Crippen LogP contribution in [-0.2, 0) is 12.7 Å². The van der Waals surface area contributed by atoms with E-state index in [1.165, 1.54) is 0 Å². The molecule has 7 heteroatoms. The molecule has 0 spiro atoms. The number of para-hydroxylation sites is 1. The zero-order valence-electron chi connectivity index (χ0n) is 12.2. The van der Waals surface area contributed by atoms with E-state index in [0.717, 1.165) is 5.56 Å². The van der Waals surface area contributed by atoms with Gasteiger partial charge in [0.05, 0.1) is 5.52 Å². The molecule has 0 aliphatic carbocycles. The summed E-state index contributed by atoms with van der Waals surface area (Å²) in [5.41, 5.74) is 1.20. The fourth-order valence-corrected chi connectivity index (χ4v) is 2.31. The molecule has 4 nitrogen and oxygen atoms in total. The minimum absolute atomic E-state index is 0.250. The van der Waals surface area contributed by atoms with Gasteiger partial charge in [-0.25, -0.2) is 9.97 Å². The third-order valence-electron chi connectivity index (χ3n) is 3.37. The molecule has 0 N–H and O–H groups in total. The van der Waals surface area contributed by atoms with Gasteiger partial charge in [-0.3, -0.25) is 4.98 Å². The summed E-state index contributed by atoms with van der Waals surface area (Å²) in [7, 11) is 1.70. The van der Waals surface area contributed by atoms with Gasteiger partial charge < -0.3 is 4.90 Å². The molecule has 3 aromatic rings. The number of halogens is 3. The third kappa shape index (κ3) is 3.23. The molecular weight excluding hydrogens is 305 g/mol. The minimum atomic E-state index is -4.59. The predicted molar refractivity (Wildman–Crippen MR) is 80.9 cm³/mol. The maximum Gasteiger partial charge on any atom is 0.451 e. The van der Waals surface area contributed by atoms with E-state index in [1.54, 1.807) is 48.6 Å². The van der Waals surface area contributed by atoms with E-state index in [2.05, 4.69) is 15.0 Å². The van der Waals surface area contributed by atoms with Gasteiger partial charge >= 0.3 is 6.18 Å². The monoisotopic (exact) mass is 318 g/mol. The van der Waals surface area contributed by atoms with Crippen molar-refractivity contribution in [2.75, 3.05) is 11.9 Å². The Bertz CT molecular complexity index is 818. The molecule has 0 saturated carbocycles. The topological polar surface area (TPSA) is 41.9 Å². The molecule has 0 aliphatic heterocycles. The second-order valence-corrected chi connectivity index (χ2v) is 5.10. The van der Waals surface area contributed by atoms with E-state index in [-0.39, 0.29) is 11.3 Å². The second-order valence-electron chi connectivity index (χ2n) is 5.10. The molecule has 23 heavy (non-hydrogen) atoms. The second kappa shape index (κ2) is 5.83. The van der Waals surface area contributed by atoms with Crippen molar-refractivity contribution in [1.29, 1.82) is 0 Å². The van der Waals surface area contributed by atoms with Crippen LogP contribution >= 0.6 is 0 Å². The number of benzene rings is 1. The Balaban J connectivity index is 2.07. The molecular formula is C16H13F3N4. The SMILES string of the molecule is CN(Cc1ccncc1)c1nc(C(F)(F)F)nc2ccccc12. The zero-order valence-corrected chi connectivity index (χ0v) is 12.2. The van der Waals surface area contributed by atoms with Gasteiger partial charge in [-0.1, -0.05) is 12.1 Å². The van der Waals surface area contributed by atoms with Crippen LogP contribution in [0, 0.1) is 0 Å². The van der Waals surface area contributed by atoms with Crippen LogP contribution in [0.1, 0.15) is 11.4 Å². The Kier molecular flexibility index (Phi) is 3.85. The number of aromatic nitrogens is 3. The van der Waals surface area contributed by atoms with E-state index < -0.39 is 12.0 Å². The van der Waals surface area contributed by atoms with Crippen molar-refractivity contribution >= 4 is 16.7 Å². The molecule has 0 bridgehead atoms. The van der Waals surface area contributed by atoms with Crippen LogP contribution in [0.15, 0.2) is 48.8 Å². The molecule has 2 heterocycles. The zero-order chi connectivity index (χ0) is 16.4. The largest absolute Gasteiger partial charge is 0.451 e. The molecule has 0 amide bonds. The Morgan fingerprint density at radius 3 is 2.39 bits per heavy atom. The molecule has 118 valence electrons. The smallest absolute Gasteiger partial charge is 0.355 e. The Hall–Kier alpha value is -2.70. The maximum absolute atomic E-state index is 13.0. The number of alkyl halides is 3. The first kappa shape index (κ1) is 15.2. The highest BCUT2D eigenvalue weighted by atomic mass is 19.4. The van der Waals surface area contributed by atoms with Gasteiger partial charge in [0.15, 0.2) is 0 Å². The average molecular weight is 318 g/mol. The summed E-state index contributed by atoms with van der Waals surface area (Å²) in [4.78, 5) is 13.0. The molecule has 0 saturated heterocycles. The van der Waals surface area contributed by atoms with Gasteiger partial charge in [-0.15, -0.1) is 0 Å². The average Bonchev–Trinajstić information content (AvgIpc) is 2.54. The van der Waals surface area contributed by atoms with Crippen LogP contribution in [0.2, 0.25) is 0 Å². The first-order valence-corrected chi connectivity index (χ1v) is 6.89. The van der Waals surface area contributed by atoms with Crippen molar-refractivity contribution in [2.24, 2.45) is 0 Å². The maximum atomic E-state index is 13.0. The van der Waals surface area contributed by atoms with Gasteiger partial charge in [-0.2, -0.15) is 13.2 Å². The molecule has 0 fully saturated rings.